The molecular weight excluding hydrogens is 455 g/mol. The summed E-state index contributed by atoms with van der Waals surface area (Å²) in [4.78, 5) is 12.3. The summed E-state index contributed by atoms with van der Waals surface area (Å²) >= 11 is 12.0. The normalized spacial score (nSPS) is 12.0. The molecule has 0 aliphatic rings. The lowest BCUT2D eigenvalue weighted by Gasteiger charge is -2.17. The van der Waals surface area contributed by atoms with Crippen LogP contribution in [0.1, 0.15) is 123 Å². The summed E-state index contributed by atoms with van der Waals surface area (Å²) in [5.74, 6) is 0.122. The highest BCUT2D eigenvalue weighted by Crippen LogP contribution is 2.29. The Kier molecular flexibility index (Phi) is 18.6. The highest BCUT2D eigenvalue weighted by Gasteiger charge is 2.21. The summed E-state index contributed by atoms with van der Waals surface area (Å²) in [6, 6.07) is 4.97. The highest BCUT2D eigenvalue weighted by molar-refractivity contribution is 6.35. The predicted octanol–water partition coefficient (Wildman–Crippen LogP) is 9.96. The molecule has 0 spiro atoms. The average molecular weight is 502 g/mol. The Hall–Kier alpha value is -0.930. The molecule has 0 saturated carbocycles. The van der Waals surface area contributed by atoms with Crippen molar-refractivity contribution in [2.75, 3.05) is 6.61 Å². The fourth-order valence-corrected chi connectivity index (χ4v) is 4.39. The van der Waals surface area contributed by atoms with Gasteiger partial charge in [0.25, 0.3) is 0 Å². The molecule has 0 bridgehead atoms. The van der Waals surface area contributed by atoms with Gasteiger partial charge in [-0.05, 0) is 31.0 Å². The van der Waals surface area contributed by atoms with E-state index < -0.39 is 6.10 Å². The third-order valence-corrected chi connectivity index (χ3v) is 6.57. The molecule has 0 aliphatic heterocycles. The second-order valence-electron chi connectivity index (χ2n) is 9.06. The zero-order valence-corrected chi connectivity index (χ0v) is 22.5. The summed E-state index contributed by atoms with van der Waals surface area (Å²) in [7, 11) is 0. The number of esters is 1. The fraction of sp³-hybridized carbons (Fsp3) is 0.750. The van der Waals surface area contributed by atoms with Gasteiger partial charge in [-0.2, -0.15) is 0 Å². The Morgan fingerprint density at radius 3 is 1.70 bits per heavy atom. The van der Waals surface area contributed by atoms with Crippen LogP contribution in [0.15, 0.2) is 18.2 Å². The quantitative estimate of drug-likeness (QED) is 0.124. The predicted molar refractivity (Wildman–Crippen MR) is 142 cm³/mol. The lowest BCUT2D eigenvalue weighted by molar-refractivity contribution is -0.152. The number of carbonyl (C=O) groups excluding carboxylic acids is 1. The van der Waals surface area contributed by atoms with Crippen molar-refractivity contribution >= 4 is 29.2 Å². The largest absolute Gasteiger partial charge is 0.477 e. The molecule has 0 heterocycles. The monoisotopic (exact) mass is 500 g/mol. The van der Waals surface area contributed by atoms with Crippen LogP contribution in [-0.4, -0.2) is 18.7 Å². The van der Waals surface area contributed by atoms with Crippen LogP contribution in [0.3, 0.4) is 0 Å². The Balaban J connectivity index is 1.94. The summed E-state index contributed by atoms with van der Waals surface area (Å²) in [5.41, 5.74) is 0. The van der Waals surface area contributed by atoms with Crippen LogP contribution in [0.25, 0.3) is 0 Å². The van der Waals surface area contributed by atoms with Crippen molar-refractivity contribution in [3.8, 4) is 5.75 Å². The molecule has 0 saturated heterocycles. The van der Waals surface area contributed by atoms with E-state index >= 15 is 0 Å². The molecule has 33 heavy (non-hydrogen) atoms. The van der Waals surface area contributed by atoms with Gasteiger partial charge in [0.1, 0.15) is 5.75 Å². The first kappa shape index (κ1) is 30.1. The molecule has 1 aromatic rings. The number of halogens is 2. The molecule has 0 aliphatic carbocycles. The summed E-state index contributed by atoms with van der Waals surface area (Å²) in [5, 5.41) is 0.929. The van der Waals surface area contributed by atoms with E-state index in [2.05, 4.69) is 6.92 Å². The molecule has 1 rings (SSSR count). The number of unbranched alkanes of at least 4 members (excludes halogenated alkanes) is 15. The van der Waals surface area contributed by atoms with Gasteiger partial charge in [0, 0.05) is 5.02 Å². The van der Waals surface area contributed by atoms with Gasteiger partial charge in [-0.1, -0.05) is 133 Å². The van der Waals surface area contributed by atoms with E-state index in [1.165, 1.54) is 89.9 Å². The van der Waals surface area contributed by atoms with Gasteiger partial charge in [-0.3, -0.25) is 0 Å². The van der Waals surface area contributed by atoms with Crippen molar-refractivity contribution in [2.24, 2.45) is 0 Å². The smallest absolute Gasteiger partial charge is 0.347 e. The van der Waals surface area contributed by atoms with Crippen LogP contribution < -0.4 is 4.74 Å². The molecule has 0 N–H and O–H groups in total. The van der Waals surface area contributed by atoms with Crippen molar-refractivity contribution in [2.45, 2.75) is 129 Å². The van der Waals surface area contributed by atoms with Crippen molar-refractivity contribution in [3.05, 3.63) is 28.2 Å². The van der Waals surface area contributed by atoms with E-state index in [1.807, 2.05) is 6.92 Å². The number of benzene rings is 1. The van der Waals surface area contributed by atoms with Crippen molar-refractivity contribution < 1.29 is 14.3 Å². The zero-order chi connectivity index (χ0) is 24.2. The van der Waals surface area contributed by atoms with Crippen LogP contribution in [0.4, 0.5) is 0 Å². The first-order valence-electron chi connectivity index (χ1n) is 13.4. The average Bonchev–Trinajstić information content (AvgIpc) is 2.80. The number of rotatable bonds is 21. The topological polar surface area (TPSA) is 35.5 Å². The van der Waals surface area contributed by atoms with Crippen molar-refractivity contribution in [1.82, 2.24) is 0 Å². The minimum absolute atomic E-state index is 0.329. The minimum Gasteiger partial charge on any atom is -0.477 e. The third-order valence-electron chi connectivity index (χ3n) is 6.04. The van der Waals surface area contributed by atoms with Gasteiger partial charge in [0.2, 0.25) is 0 Å². The molecule has 0 amide bonds. The SMILES string of the molecule is CCCCCCCCCCCCCCCCCCOC(=O)C(CC)Oc1ccc(Cl)cc1Cl. The molecule has 190 valence electrons. The Morgan fingerprint density at radius 1 is 0.758 bits per heavy atom. The third kappa shape index (κ3) is 15.6. The first-order chi connectivity index (χ1) is 16.1. The van der Waals surface area contributed by atoms with Gasteiger partial charge in [-0.25, -0.2) is 4.79 Å². The highest BCUT2D eigenvalue weighted by atomic mass is 35.5. The number of hydrogen-bond acceptors (Lipinski definition) is 3. The molecule has 1 aromatic carbocycles. The molecule has 3 nitrogen and oxygen atoms in total. The Morgan fingerprint density at radius 2 is 1.24 bits per heavy atom. The molecule has 0 aromatic heterocycles. The zero-order valence-electron chi connectivity index (χ0n) is 21.0. The molecule has 0 radical (unpaired) electrons. The summed E-state index contributed by atoms with van der Waals surface area (Å²) in [6.45, 7) is 4.62. The van der Waals surface area contributed by atoms with Crippen LogP contribution >= 0.6 is 23.2 Å². The summed E-state index contributed by atoms with van der Waals surface area (Å²) < 4.78 is 11.1. The van der Waals surface area contributed by atoms with Crippen molar-refractivity contribution in [3.63, 3.8) is 0 Å². The van der Waals surface area contributed by atoms with Crippen LogP contribution in [0, 0.1) is 0 Å². The fourth-order valence-electron chi connectivity index (χ4n) is 3.94. The number of carbonyl (C=O) groups is 1. The molecule has 0 fully saturated rings. The first-order valence-corrected chi connectivity index (χ1v) is 14.1. The van der Waals surface area contributed by atoms with Gasteiger partial charge in [-0.15, -0.1) is 0 Å². The lowest BCUT2D eigenvalue weighted by atomic mass is 10.0. The number of ether oxygens (including phenoxy) is 2. The Bertz CT molecular complexity index is 621. The van der Waals surface area contributed by atoms with E-state index in [0.29, 0.717) is 28.8 Å². The van der Waals surface area contributed by atoms with Crippen molar-refractivity contribution in [1.29, 1.82) is 0 Å². The lowest BCUT2D eigenvalue weighted by Crippen LogP contribution is -2.29. The maximum Gasteiger partial charge on any atom is 0.347 e. The molecule has 1 unspecified atom stereocenters. The van der Waals surface area contributed by atoms with E-state index in [0.717, 1.165) is 12.8 Å². The van der Waals surface area contributed by atoms with Gasteiger partial charge >= 0.3 is 5.97 Å². The molecular formula is C28H46Cl2O3. The molecule has 5 heteroatoms. The van der Waals surface area contributed by atoms with Gasteiger partial charge < -0.3 is 9.47 Å². The van der Waals surface area contributed by atoms with E-state index in [9.17, 15) is 4.79 Å². The van der Waals surface area contributed by atoms with Crippen LogP contribution in [-0.2, 0) is 9.53 Å². The van der Waals surface area contributed by atoms with Gasteiger partial charge in [0.05, 0.1) is 11.6 Å². The second kappa shape index (κ2) is 20.4. The number of hydrogen-bond donors (Lipinski definition) is 0. The minimum atomic E-state index is -0.648. The summed E-state index contributed by atoms with van der Waals surface area (Å²) in [6.07, 6.45) is 21.1. The van der Waals surface area contributed by atoms with E-state index in [1.54, 1.807) is 18.2 Å². The van der Waals surface area contributed by atoms with E-state index in [-0.39, 0.29) is 5.97 Å². The standard InChI is InChI=1S/C28H46Cl2O3/c1-3-5-6-7-8-9-10-11-12-13-14-15-16-17-18-19-22-32-28(31)26(4-2)33-27-21-20-24(29)23-25(27)30/h20-21,23,26H,3-19,22H2,1-2H3. The molecule has 1 atom stereocenters. The van der Waals surface area contributed by atoms with Crippen LogP contribution in [0.2, 0.25) is 10.0 Å². The maximum absolute atomic E-state index is 12.3. The van der Waals surface area contributed by atoms with E-state index in [4.69, 9.17) is 32.7 Å². The van der Waals surface area contributed by atoms with Crippen LogP contribution in [0.5, 0.6) is 5.75 Å². The maximum atomic E-state index is 12.3. The Labute approximate surface area is 212 Å². The second-order valence-corrected chi connectivity index (χ2v) is 9.90. The van der Waals surface area contributed by atoms with Gasteiger partial charge in [0.15, 0.2) is 6.10 Å².